The van der Waals surface area contributed by atoms with Crippen molar-refractivity contribution in [3.8, 4) is 0 Å². The van der Waals surface area contributed by atoms with Crippen LogP contribution in [0.15, 0.2) is 12.1 Å². The molecule has 0 saturated carbocycles. The van der Waals surface area contributed by atoms with Crippen LogP contribution in [0.25, 0.3) is 0 Å². The first-order valence-electron chi connectivity index (χ1n) is 5.83. The Morgan fingerprint density at radius 1 is 1.44 bits per heavy atom. The number of hydrogen-bond acceptors (Lipinski definition) is 1. The summed E-state index contributed by atoms with van der Waals surface area (Å²) < 4.78 is 27.0. The molecule has 1 atom stereocenters. The molecule has 0 heterocycles. The SMILES string of the molecule is CCCC(C)N(C(C)=O)c1ccc(F)c(Cl)c1F. The van der Waals surface area contributed by atoms with Crippen LogP contribution in [-0.4, -0.2) is 11.9 Å². The van der Waals surface area contributed by atoms with Crippen LogP contribution in [0, 0.1) is 11.6 Å². The van der Waals surface area contributed by atoms with Crippen molar-refractivity contribution in [2.75, 3.05) is 4.90 Å². The van der Waals surface area contributed by atoms with Gasteiger partial charge in [-0.25, -0.2) is 8.78 Å². The van der Waals surface area contributed by atoms with Crippen molar-refractivity contribution < 1.29 is 13.6 Å². The fourth-order valence-corrected chi connectivity index (χ4v) is 2.13. The van der Waals surface area contributed by atoms with Crippen molar-refractivity contribution in [1.82, 2.24) is 0 Å². The fraction of sp³-hybridized carbons (Fsp3) is 0.462. The molecule has 0 aliphatic heterocycles. The molecule has 1 aromatic carbocycles. The van der Waals surface area contributed by atoms with E-state index in [-0.39, 0.29) is 17.6 Å². The van der Waals surface area contributed by atoms with Crippen molar-refractivity contribution in [3.63, 3.8) is 0 Å². The van der Waals surface area contributed by atoms with E-state index in [1.165, 1.54) is 17.9 Å². The van der Waals surface area contributed by atoms with E-state index in [1.807, 2.05) is 13.8 Å². The molecule has 0 aromatic heterocycles. The van der Waals surface area contributed by atoms with Crippen molar-refractivity contribution in [3.05, 3.63) is 28.8 Å². The van der Waals surface area contributed by atoms with Gasteiger partial charge in [0.25, 0.3) is 0 Å². The summed E-state index contributed by atoms with van der Waals surface area (Å²) in [6, 6.07) is 2.14. The third-order valence-corrected chi connectivity index (χ3v) is 3.11. The van der Waals surface area contributed by atoms with E-state index in [9.17, 15) is 13.6 Å². The number of rotatable bonds is 4. The minimum Gasteiger partial charge on any atom is -0.307 e. The first-order valence-corrected chi connectivity index (χ1v) is 6.21. The summed E-state index contributed by atoms with van der Waals surface area (Å²) >= 11 is 5.53. The Balaban J connectivity index is 3.22. The van der Waals surface area contributed by atoms with Gasteiger partial charge in [0.15, 0.2) is 5.82 Å². The number of carbonyl (C=O) groups excluding carboxylic acids is 1. The summed E-state index contributed by atoms with van der Waals surface area (Å²) in [5, 5.41) is -0.581. The predicted molar refractivity (Wildman–Crippen MR) is 68.9 cm³/mol. The van der Waals surface area contributed by atoms with E-state index in [0.717, 1.165) is 18.9 Å². The summed E-state index contributed by atoms with van der Waals surface area (Å²) in [7, 11) is 0. The van der Waals surface area contributed by atoms with Gasteiger partial charge in [-0.1, -0.05) is 24.9 Å². The summed E-state index contributed by atoms with van der Waals surface area (Å²) in [5.74, 6) is -2.02. The second-order valence-electron chi connectivity index (χ2n) is 4.22. The maximum atomic E-state index is 13.9. The fourth-order valence-electron chi connectivity index (χ4n) is 1.97. The molecule has 0 radical (unpaired) electrons. The second kappa shape index (κ2) is 6.14. The van der Waals surface area contributed by atoms with Gasteiger partial charge in [-0.15, -0.1) is 0 Å². The Kier molecular flexibility index (Phi) is 5.08. The third kappa shape index (κ3) is 2.99. The number of carbonyl (C=O) groups is 1. The minimum atomic E-state index is -0.894. The molecule has 0 saturated heterocycles. The highest BCUT2D eigenvalue weighted by Gasteiger charge is 2.23. The molecule has 1 amide bonds. The lowest BCUT2D eigenvalue weighted by Crippen LogP contribution is -2.37. The molecule has 1 rings (SSSR count). The summed E-state index contributed by atoms with van der Waals surface area (Å²) in [4.78, 5) is 12.9. The average molecular weight is 276 g/mol. The Morgan fingerprint density at radius 2 is 2.06 bits per heavy atom. The first kappa shape index (κ1) is 14.9. The first-order chi connectivity index (χ1) is 8.40. The number of benzene rings is 1. The van der Waals surface area contributed by atoms with Crippen molar-refractivity contribution >= 4 is 23.2 Å². The van der Waals surface area contributed by atoms with Gasteiger partial charge in [-0.3, -0.25) is 4.79 Å². The van der Waals surface area contributed by atoms with Gasteiger partial charge in [-0.2, -0.15) is 0 Å². The van der Waals surface area contributed by atoms with Crippen molar-refractivity contribution in [2.24, 2.45) is 0 Å². The maximum Gasteiger partial charge on any atom is 0.224 e. The van der Waals surface area contributed by atoms with Crippen LogP contribution in [-0.2, 0) is 4.79 Å². The lowest BCUT2D eigenvalue weighted by Gasteiger charge is -2.28. The van der Waals surface area contributed by atoms with Crippen LogP contribution in [0.3, 0.4) is 0 Å². The van der Waals surface area contributed by atoms with Crippen LogP contribution in [0.4, 0.5) is 14.5 Å². The Bertz CT molecular complexity index is 451. The number of anilines is 1. The van der Waals surface area contributed by atoms with Gasteiger partial charge in [0, 0.05) is 13.0 Å². The number of amides is 1. The third-order valence-electron chi connectivity index (χ3n) is 2.76. The molecule has 18 heavy (non-hydrogen) atoms. The molecule has 0 aliphatic carbocycles. The van der Waals surface area contributed by atoms with Crippen molar-refractivity contribution in [1.29, 1.82) is 0 Å². The highest BCUT2D eigenvalue weighted by atomic mass is 35.5. The van der Waals surface area contributed by atoms with Crippen LogP contribution < -0.4 is 4.90 Å². The zero-order valence-electron chi connectivity index (χ0n) is 10.6. The highest BCUT2D eigenvalue weighted by Crippen LogP contribution is 2.30. The zero-order valence-corrected chi connectivity index (χ0v) is 11.4. The van der Waals surface area contributed by atoms with E-state index in [2.05, 4.69) is 0 Å². The highest BCUT2D eigenvalue weighted by molar-refractivity contribution is 6.31. The number of halogens is 3. The molecule has 2 nitrogen and oxygen atoms in total. The molecule has 0 N–H and O–H groups in total. The number of hydrogen-bond donors (Lipinski definition) is 0. The molecular formula is C13H16ClF2NO. The molecule has 0 bridgehead atoms. The van der Waals surface area contributed by atoms with Crippen molar-refractivity contribution in [2.45, 2.75) is 39.7 Å². The van der Waals surface area contributed by atoms with Gasteiger partial charge in [0.1, 0.15) is 10.8 Å². The predicted octanol–water partition coefficient (Wildman–Crippen LogP) is 4.16. The Hall–Kier alpha value is -1.16. The molecule has 5 heteroatoms. The van der Waals surface area contributed by atoms with E-state index < -0.39 is 16.7 Å². The normalized spacial score (nSPS) is 12.3. The van der Waals surface area contributed by atoms with Crippen LogP contribution in [0.1, 0.15) is 33.6 Å². The lowest BCUT2D eigenvalue weighted by atomic mass is 10.1. The minimum absolute atomic E-state index is 0.0230. The largest absolute Gasteiger partial charge is 0.307 e. The van der Waals surface area contributed by atoms with E-state index >= 15 is 0 Å². The lowest BCUT2D eigenvalue weighted by molar-refractivity contribution is -0.117. The van der Waals surface area contributed by atoms with Gasteiger partial charge in [-0.05, 0) is 25.5 Å². The van der Waals surface area contributed by atoms with Gasteiger partial charge >= 0.3 is 0 Å². The Morgan fingerprint density at radius 3 is 2.56 bits per heavy atom. The average Bonchev–Trinajstić information content (AvgIpc) is 2.29. The summed E-state index contributed by atoms with van der Waals surface area (Å²) in [6.07, 6.45) is 1.59. The summed E-state index contributed by atoms with van der Waals surface area (Å²) in [5.41, 5.74) is 0.0230. The zero-order chi connectivity index (χ0) is 13.9. The topological polar surface area (TPSA) is 20.3 Å². The molecule has 100 valence electrons. The van der Waals surface area contributed by atoms with Gasteiger partial charge in [0.05, 0.1) is 5.69 Å². The Labute approximate surface area is 111 Å². The molecular weight excluding hydrogens is 260 g/mol. The summed E-state index contributed by atoms with van der Waals surface area (Å²) in [6.45, 7) is 5.15. The molecule has 1 unspecified atom stereocenters. The van der Waals surface area contributed by atoms with Gasteiger partial charge < -0.3 is 4.90 Å². The number of nitrogens with zero attached hydrogens (tertiary/aromatic N) is 1. The molecule has 0 aliphatic rings. The quantitative estimate of drug-likeness (QED) is 0.756. The van der Waals surface area contributed by atoms with E-state index in [0.29, 0.717) is 0 Å². The van der Waals surface area contributed by atoms with E-state index in [4.69, 9.17) is 11.6 Å². The van der Waals surface area contributed by atoms with Gasteiger partial charge in [0.2, 0.25) is 5.91 Å². The van der Waals surface area contributed by atoms with Crippen LogP contribution >= 0.6 is 11.6 Å². The second-order valence-corrected chi connectivity index (χ2v) is 4.60. The monoisotopic (exact) mass is 275 g/mol. The van der Waals surface area contributed by atoms with Crippen LogP contribution in [0.5, 0.6) is 0 Å². The van der Waals surface area contributed by atoms with E-state index in [1.54, 1.807) is 0 Å². The maximum absolute atomic E-state index is 13.9. The van der Waals surface area contributed by atoms with Crippen LogP contribution in [0.2, 0.25) is 5.02 Å². The smallest absolute Gasteiger partial charge is 0.224 e. The standard InChI is InChI=1S/C13H16ClF2NO/c1-4-5-8(2)17(9(3)18)11-7-6-10(15)12(14)13(11)16/h6-8H,4-5H2,1-3H3. The molecule has 1 aromatic rings. The molecule has 0 spiro atoms. The molecule has 0 fully saturated rings.